The van der Waals surface area contributed by atoms with Gasteiger partial charge in [-0.05, 0) is 6.07 Å². The van der Waals surface area contributed by atoms with Crippen LogP contribution in [0.4, 0.5) is 5.82 Å². The van der Waals surface area contributed by atoms with Crippen LogP contribution in [0.15, 0.2) is 17.1 Å². The molecular formula is C15H22N4O7. The molecule has 26 heavy (non-hydrogen) atoms. The van der Waals surface area contributed by atoms with E-state index >= 15 is 0 Å². The second kappa shape index (κ2) is 8.36. The maximum atomic E-state index is 12.2. The summed E-state index contributed by atoms with van der Waals surface area (Å²) in [6.07, 6.45) is -1.35. The number of methoxy groups -OCH3 is 1. The molecule has 0 saturated carbocycles. The third-order valence-corrected chi connectivity index (χ3v) is 4.16. The van der Waals surface area contributed by atoms with Gasteiger partial charge < -0.3 is 30.7 Å². The maximum Gasteiger partial charge on any atom is 0.351 e. The van der Waals surface area contributed by atoms with Gasteiger partial charge in [0.1, 0.15) is 18.0 Å². The Hall–Kier alpha value is -2.34. The number of anilines is 1. The van der Waals surface area contributed by atoms with Gasteiger partial charge >= 0.3 is 11.7 Å². The van der Waals surface area contributed by atoms with Crippen molar-refractivity contribution in [1.29, 1.82) is 0 Å². The van der Waals surface area contributed by atoms with E-state index in [1.54, 1.807) is 6.92 Å². The van der Waals surface area contributed by atoms with Crippen molar-refractivity contribution in [3.63, 3.8) is 0 Å². The fourth-order valence-electron chi connectivity index (χ4n) is 2.61. The van der Waals surface area contributed by atoms with E-state index in [-0.39, 0.29) is 24.4 Å². The highest BCUT2D eigenvalue weighted by Gasteiger charge is 2.42. The number of aliphatic carboxylic acids is 1. The lowest BCUT2D eigenvalue weighted by Gasteiger charge is -2.17. The SMILES string of the molecule is COC[C@H]1O[C@@H](n2ccc(NC(=O)C[C@H](N)C(=O)O)nc2=O)[C@H](O)C1C. The number of rotatable bonds is 7. The molecule has 0 aromatic carbocycles. The van der Waals surface area contributed by atoms with E-state index < -0.39 is 42.4 Å². The van der Waals surface area contributed by atoms with Gasteiger partial charge in [0.05, 0.1) is 19.1 Å². The lowest BCUT2D eigenvalue weighted by Crippen LogP contribution is -2.35. The van der Waals surface area contributed by atoms with Gasteiger partial charge in [0.2, 0.25) is 5.91 Å². The molecule has 1 unspecified atom stereocenters. The molecular weight excluding hydrogens is 348 g/mol. The zero-order valence-corrected chi connectivity index (χ0v) is 14.4. The van der Waals surface area contributed by atoms with Gasteiger partial charge in [-0.15, -0.1) is 0 Å². The minimum atomic E-state index is -1.35. The molecule has 5 atom stereocenters. The first-order valence-electron chi connectivity index (χ1n) is 7.94. The van der Waals surface area contributed by atoms with Crippen molar-refractivity contribution >= 4 is 17.7 Å². The number of nitrogens with zero attached hydrogens (tertiary/aromatic N) is 2. The Morgan fingerprint density at radius 1 is 1.54 bits per heavy atom. The van der Waals surface area contributed by atoms with Crippen molar-refractivity contribution in [3.05, 3.63) is 22.7 Å². The van der Waals surface area contributed by atoms with Gasteiger partial charge in [-0.2, -0.15) is 4.98 Å². The summed E-state index contributed by atoms with van der Waals surface area (Å²) < 4.78 is 11.8. The molecule has 2 rings (SSSR count). The van der Waals surface area contributed by atoms with Crippen LogP contribution in [-0.4, -0.2) is 63.6 Å². The number of hydrogen-bond acceptors (Lipinski definition) is 8. The zero-order chi connectivity index (χ0) is 19.4. The summed E-state index contributed by atoms with van der Waals surface area (Å²) in [5, 5.41) is 21.3. The molecule has 5 N–H and O–H groups in total. The van der Waals surface area contributed by atoms with Gasteiger partial charge in [0, 0.05) is 19.2 Å². The summed E-state index contributed by atoms with van der Waals surface area (Å²) >= 11 is 0. The Balaban J connectivity index is 2.09. The summed E-state index contributed by atoms with van der Waals surface area (Å²) in [7, 11) is 1.51. The summed E-state index contributed by atoms with van der Waals surface area (Å²) in [6, 6.07) is -0.00712. The molecule has 1 aliphatic rings. The number of nitrogens with one attached hydrogen (secondary N) is 1. The standard InChI is InChI=1S/C15H22N4O7/c1-7-9(6-25-2)26-13(12(7)21)19-4-3-10(18-15(19)24)17-11(20)5-8(16)14(22)23/h3-4,7-9,12-13,21H,5-6,16H2,1-2H3,(H,22,23)(H,17,18,20,24)/t7?,8-,9+,12+,13+/m0/s1. The van der Waals surface area contributed by atoms with E-state index in [0.717, 1.165) is 4.57 Å². The molecule has 0 bridgehead atoms. The fourth-order valence-corrected chi connectivity index (χ4v) is 2.61. The minimum absolute atomic E-state index is 0.0529. The van der Waals surface area contributed by atoms with Crippen molar-refractivity contribution in [2.45, 2.75) is 37.8 Å². The van der Waals surface area contributed by atoms with Gasteiger partial charge in [0.15, 0.2) is 6.23 Å². The molecule has 11 nitrogen and oxygen atoms in total. The molecule has 144 valence electrons. The number of carbonyl (C=O) groups is 2. The second-order valence-corrected chi connectivity index (χ2v) is 6.07. The van der Waals surface area contributed by atoms with Gasteiger partial charge in [-0.25, -0.2) is 4.79 Å². The first-order chi connectivity index (χ1) is 12.2. The van der Waals surface area contributed by atoms with Crippen LogP contribution < -0.4 is 16.7 Å². The van der Waals surface area contributed by atoms with E-state index in [4.69, 9.17) is 20.3 Å². The minimum Gasteiger partial charge on any atom is -0.480 e. The predicted molar refractivity (Wildman–Crippen MR) is 88.3 cm³/mol. The number of carbonyl (C=O) groups excluding carboxylic acids is 1. The van der Waals surface area contributed by atoms with E-state index in [1.165, 1.54) is 19.4 Å². The number of hydrogen-bond donors (Lipinski definition) is 4. The average molecular weight is 370 g/mol. The molecule has 1 fully saturated rings. The van der Waals surface area contributed by atoms with E-state index in [1.807, 2.05) is 0 Å². The Morgan fingerprint density at radius 3 is 2.81 bits per heavy atom. The van der Waals surface area contributed by atoms with Crippen LogP contribution in [-0.2, 0) is 19.1 Å². The molecule has 2 heterocycles. The van der Waals surface area contributed by atoms with Crippen LogP contribution in [0.3, 0.4) is 0 Å². The van der Waals surface area contributed by atoms with Crippen LogP contribution in [0.1, 0.15) is 19.6 Å². The van der Waals surface area contributed by atoms with E-state index in [2.05, 4.69) is 10.3 Å². The average Bonchev–Trinajstić information content (AvgIpc) is 2.83. The van der Waals surface area contributed by atoms with Crippen molar-refractivity contribution < 1.29 is 29.3 Å². The van der Waals surface area contributed by atoms with Gasteiger partial charge in [-0.3, -0.25) is 14.2 Å². The Bertz CT molecular complexity index is 722. The third kappa shape index (κ3) is 4.43. The smallest absolute Gasteiger partial charge is 0.351 e. The van der Waals surface area contributed by atoms with Crippen molar-refractivity contribution in [3.8, 4) is 0 Å². The zero-order valence-electron chi connectivity index (χ0n) is 14.4. The highest BCUT2D eigenvalue weighted by molar-refractivity contribution is 5.93. The van der Waals surface area contributed by atoms with Crippen LogP contribution in [0, 0.1) is 5.92 Å². The molecule has 1 aliphatic heterocycles. The number of aliphatic hydroxyl groups excluding tert-OH is 1. The number of ether oxygens (including phenoxy) is 2. The monoisotopic (exact) mass is 370 g/mol. The highest BCUT2D eigenvalue weighted by atomic mass is 16.6. The molecule has 1 amide bonds. The summed E-state index contributed by atoms with van der Waals surface area (Å²) in [5.41, 5.74) is 4.54. The van der Waals surface area contributed by atoms with Gasteiger partial charge in [0.25, 0.3) is 0 Å². The number of nitrogens with two attached hydrogens (primary N) is 1. The topological polar surface area (TPSA) is 166 Å². The van der Waals surface area contributed by atoms with Crippen LogP contribution in [0.2, 0.25) is 0 Å². The molecule has 11 heteroatoms. The predicted octanol–water partition coefficient (Wildman–Crippen LogP) is -1.48. The van der Waals surface area contributed by atoms with Crippen molar-refractivity contribution in [2.24, 2.45) is 11.7 Å². The van der Waals surface area contributed by atoms with Crippen molar-refractivity contribution in [1.82, 2.24) is 9.55 Å². The molecule has 0 radical (unpaired) electrons. The second-order valence-electron chi connectivity index (χ2n) is 6.07. The molecule has 1 saturated heterocycles. The molecule has 0 aliphatic carbocycles. The highest BCUT2D eigenvalue weighted by Crippen LogP contribution is 2.32. The quantitative estimate of drug-likeness (QED) is 0.448. The van der Waals surface area contributed by atoms with Gasteiger partial charge in [-0.1, -0.05) is 6.92 Å². The summed E-state index contributed by atoms with van der Waals surface area (Å²) in [6.45, 7) is 2.06. The normalized spacial score (nSPS) is 26.5. The van der Waals surface area contributed by atoms with Crippen molar-refractivity contribution in [2.75, 3.05) is 19.0 Å². The third-order valence-electron chi connectivity index (χ3n) is 4.16. The molecule has 1 aromatic rings. The number of carboxylic acid groups (broad SMARTS) is 1. The number of carboxylic acids is 1. The van der Waals surface area contributed by atoms with E-state index in [0.29, 0.717) is 0 Å². The van der Waals surface area contributed by atoms with E-state index in [9.17, 15) is 19.5 Å². The fraction of sp³-hybridized carbons (Fsp3) is 0.600. The Kier molecular flexibility index (Phi) is 6.42. The largest absolute Gasteiger partial charge is 0.480 e. The summed E-state index contributed by atoms with van der Waals surface area (Å²) in [4.78, 5) is 38.3. The maximum absolute atomic E-state index is 12.2. The number of aliphatic hydroxyl groups is 1. The first-order valence-corrected chi connectivity index (χ1v) is 7.94. The molecule has 0 spiro atoms. The first kappa shape index (κ1) is 20.0. The van der Waals surface area contributed by atoms with Crippen LogP contribution in [0.5, 0.6) is 0 Å². The number of amides is 1. The molecule has 1 aromatic heterocycles. The number of aromatic nitrogens is 2. The Labute approximate surface area is 148 Å². The van der Waals surface area contributed by atoms with Crippen LogP contribution in [0.25, 0.3) is 0 Å². The summed E-state index contributed by atoms with van der Waals surface area (Å²) in [5.74, 6) is -2.29. The Morgan fingerprint density at radius 2 is 2.23 bits per heavy atom. The lowest BCUT2D eigenvalue weighted by atomic mass is 10.0. The lowest BCUT2D eigenvalue weighted by molar-refractivity contribution is -0.140. The van der Waals surface area contributed by atoms with Crippen LogP contribution >= 0.6 is 0 Å².